The molecule has 0 radical (unpaired) electrons. The van der Waals surface area contributed by atoms with Gasteiger partial charge in [-0.3, -0.25) is 0 Å². The maximum Gasteiger partial charge on any atom is 0.192 e. The van der Waals surface area contributed by atoms with Gasteiger partial charge in [0.2, 0.25) is 0 Å². The smallest absolute Gasteiger partial charge is 0.192 e. The van der Waals surface area contributed by atoms with Crippen LogP contribution in [0.2, 0.25) is 18.1 Å². The van der Waals surface area contributed by atoms with Crippen molar-refractivity contribution in [2.75, 3.05) is 0 Å². The number of aliphatic hydroxyl groups excluding tert-OH is 1. The molecule has 4 nitrogen and oxygen atoms in total. The third-order valence-electron chi connectivity index (χ3n) is 6.24. The Kier molecular flexibility index (Phi) is 3.68. The Morgan fingerprint density at radius 1 is 1.09 bits per heavy atom. The molecule has 3 atom stereocenters. The van der Waals surface area contributed by atoms with Crippen LogP contribution >= 0.6 is 0 Å². The van der Waals surface area contributed by atoms with Gasteiger partial charge in [0, 0.05) is 5.41 Å². The van der Waals surface area contributed by atoms with E-state index in [2.05, 4.69) is 33.9 Å². The average molecular weight is 329 g/mol. The van der Waals surface area contributed by atoms with Crippen LogP contribution in [-0.4, -0.2) is 43.6 Å². The normalized spacial score (nSPS) is 44.2. The van der Waals surface area contributed by atoms with Crippen molar-refractivity contribution in [2.24, 2.45) is 5.41 Å². The van der Waals surface area contributed by atoms with Crippen LogP contribution < -0.4 is 0 Å². The highest BCUT2D eigenvalue weighted by molar-refractivity contribution is 6.74. The van der Waals surface area contributed by atoms with E-state index in [1.807, 2.05) is 13.8 Å². The molecule has 0 unspecified atom stereocenters. The first kappa shape index (κ1) is 16.9. The molecular weight excluding hydrogens is 296 g/mol. The molecular formula is C17H32O4Si. The summed E-state index contributed by atoms with van der Waals surface area (Å²) >= 11 is 0. The monoisotopic (exact) mass is 328 g/mol. The van der Waals surface area contributed by atoms with Crippen molar-refractivity contribution >= 4 is 8.32 Å². The van der Waals surface area contributed by atoms with Gasteiger partial charge in [-0.15, -0.1) is 0 Å². The molecule has 1 saturated heterocycles. The standard InChI is InChI=1S/C17H32O4Si/c1-15(2,3)22(6,7)21-12-10-17(8-11(18)9-17)14-13(12)19-16(4,5)20-14/h11-14,18H,8-10H2,1-7H3/t11?,12-,13+,14+,17?/m1/s1. The lowest BCUT2D eigenvalue weighted by atomic mass is 9.64. The molecule has 2 aliphatic carbocycles. The Morgan fingerprint density at radius 2 is 1.68 bits per heavy atom. The largest absolute Gasteiger partial charge is 0.411 e. The lowest BCUT2D eigenvalue weighted by molar-refractivity contribution is -0.191. The van der Waals surface area contributed by atoms with Gasteiger partial charge in [-0.2, -0.15) is 0 Å². The van der Waals surface area contributed by atoms with Gasteiger partial charge in [0.1, 0.15) is 6.10 Å². The summed E-state index contributed by atoms with van der Waals surface area (Å²) in [6.07, 6.45) is 2.61. The summed E-state index contributed by atoms with van der Waals surface area (Å²) in [7, 11) is -1.84. The van der Waals surface area contributed by atoms with Gasteiger partial charge in [0.25, 0.3) is 0 Å². The third-order valence-corrected chi connectivity index (χ3v) is 10.7. The second-order valence-electron chi connectivity index (χ2n) is 9.57. The first-order valence-electron chi connectivity index (χ1n) is 8.57. The maximum absolute atomic E-state index is 9.84. The number of hydrogen-bond donors (Lipinski definition) is 1. The summed E-state index contributed by atoms with van der Waals surface area (Å²) in [6.45, 7) is 15.4. The van der Waals surface area contributed by atoms with Crippen molar-refractivity contribution in [1.82, 2.24) is 0 Å². The molecule has 0 amide bonds. The van der Waals surface area contributed by atoms with Gasteiger partial charge in [-0.1, -0.05) is 20.8 Å². The Hall–Kier alpha value is 0.0569. The van der Waals surface area contributed by atoms with Crippen LogP contribution in [0.1, 0.15) is 53.9 Å². The number of rotatable bonds is 2. The number of aliphatic hydroxyl groups is 1. The minimum absolute atomic E-state index is 0.0108. The van der Waals surface area contributed by atoms with Crippen molar-refractivity contribution in [2.45, 2.75) is 102 Å². The molecule has 1 spiro atoms. The Morgan fingerprint density at radius 3 is 2.18 bits per heavy atom. The fourth-order valence-corrected chi connectivity index (χ4v) is 5.44. The quantitative estimate of drug-likeness (QED) is 0.789. The van der Waals surface area contributed by atoms with E-state index in [0.29, 0.717) is 0 Å². The molecule has 3 rings (SSSR count). The summed E-state index contributed by atoms with van der Waals surface area (Å²) in [4.78, 5) is 0. The fraction of sp³-hybridized carbons (Fsp3) is 1.00. The lowest BCUT2D eigenvalue weighted by Gasteiger charge is -2.46. The molecule has 1 N–H and O–H groups in total. The van der Waals surface area contributed by atoms with Crippen molar-refractivity contribution in [1.29, 1.82) is 0 Å². The van der Waals surface area contributed by atoms with E-state index in [0.717, 1.165) is 19.3 Å². The van der Waals surface area contributed by atoms with Crippen LogP contribution in [0, 0.1) is 5.41 Å². The van der Waals surface area contributed by atoms with Crippen LogP contribution in [0.25, 0.3) is 0 Å². The van der Waals surface area contributed by atoms with Gasteiger partial charge in [0.15, 0.2) is 14.1 Å². The molecule has 1 aliphatic heterocycles. The summed E-state index contributed by atoms with van der Waals surface area (Å²) in [5, 5.41) is 10.0. The Labute approximate surface area is 135 Å². The zero-order chi connectivity index (χ0) is 16.6. The molecule has 0 aromatic carbocycles. The first-order valence-corrected chi connectivity index (χ1v) is 11.5. The second kappa shape index (κ2) is 4.79. The predicted molar refractivity (Wildman–Crippen MR) is 88.2 cm³/mol. The topological polar surface area (TPSA) is 47.9 Å². The summed E-state index contributed by atoms with van der Waals surface area (Å²) < 4.78 is 19.1. The molecule has 128 valence electrons. The molecule has 3 aliphatic rings. The van der Waals surface area contributed by atoms with E-state index < -0.39 is 14.1 Å². The lowest BCUT2D eigenvalue weighted by Crippen LogP contribution is -2.48. The summed E-state index contributed by atoms with van der Waals surface area (Å²) in [6, 6.07) is 0. The van der Waals surface area contributed by atoms with E-state index in [-0.39, 0.29) is 34.9 Å². The molecule has 3 fully saturated rings. The van der Waals surface area contributed by atoms with E-state index in [9.17, 15) is 5.11 Å². The number of ether oxygens (including phenoxy) is 2. The van der Waals surface area contributed by atoms with Crippen LogP contribution in [0.4, 0.5) is 0 Å². The molecule has 1 heterocycles. The van der Waals surface area contributed by atoms with Gasteiger partial charge in [-0.25, -0.2) is 0 Å². The Balaban J connectivity index is 1.81. The molecule has 5 heteroatoms. The molecule has 0 aromatic rings. The van der Waals surface area contributed by atoms with Gasteiger partial charge in [-0.05, 0) is 51.2 Å². The van der Waals surface area contributed by atoms with Gasteiger partial charge >= 0.3 is 0 Å². The minimum atomic E-state index is -1.84. The highest BCUT2D eigenvalue weighted by Gasteiger charge is 2.66. The second-order valence-corrected chi connectivity index (χ2v) is 14.3. The van der Waals surface area contributed by atoms with Crippen molar-refractivity contribution in [3.63, 3.8) is 0 Å². The van der Waals surface area contributed by atoms with E-state index in [1.165, 1.54) is 0 Å². The summed E-state index contributed by atoms with van der Waals surface area (Å²) in [5.41, 5.74) is 0.0604. The van der Waals surface area contributed by atoms with Crippen LogP contribution in [0.15, 0.2) is 0 Å². The fourth-order valence-electron chi connectivity index (χ4n) is 4.11. The molecule has 0 bridgehead atoms. The Bertz CT molecular complexity index is 448. The average Bonchev–Trinajstić information content (AvgIpc) is 2.71. The van der Waals surface area contributed by atoms with Crippen LogP contribution in [0.3, 0.4) is 0 Å². The predicted octanol–water partition coefficient (Wildman–Crippen LogP) is 3.44. The van der Waals surface area contributed by atoms with Crippen LogP contribution in [-0.2, 0) is 13.9 Å². The third kappa shape index (κ3) is 2.59. The number of fused-ring (bicyclic) bond motifs is 2. The van der Waals surface area contributed by atoms with Gasteiger partial charge < -0.3 is 19.0 Å². The molecule has 0 aromatic heterocycles. The zero-order valence-electron chi connectivity index (χ0n) is 15.1. The maximum atomic E-state index is 9.84. The van der Waals surface area contributed by atoms with E-state index >= 15 is 0 Å². The van der Waals surface area contributed by atoms with E-state index in [1.54, 1.807) is 0 Å². The molecule has 22 heavy (non-hydrogen) atoms. The SMILES string of the molecule is CC1(C)O[C@H]2[C@H](O[Si](C)(C)C(C)(C)C)CC3(CC(O)C3)[C@H]2O1. The van der Waals surface area contributed by atoms with E-state index in [4.69, 9.17) is 13.9 Å². The highest BCUT2D eigenvalue weighted by Crippen LogP contribution is 2.60. The summed E-state index contributed by atoms with van der Waals surface area (Å²) in [5.74, 6) is -0.543. The molecule has 2 saturated carbocycles. The first-order chi connectivity index (χ1) is 9.85. The minimum Gasteiger partial charge on any atom is -0.411 e. The van der Waals surface area contributed by atoms with Gasteiger partial charge in [0.05, 0.1) is 18.3 Å². The zero-order valence-corrected chi connectivity index (χ0v) is 16.1. The van der Waals surface area contributed by atoms with Crippen molar-refractivity contribution < 1.29 is 19.0 Å². The highest BCUT2D eigenvalue weighted by atomic mass is 28.4. The van der Waals surface area contributed by atoms with Crippen molar-refractivity contribution in [3.8, 4) is 0 Å². The van der Waals surface area contributed by atoms with Crippen molar-refractivity contribution in [3.05, 3.63) is 0 Å². The number of hydrogen-bond acceptors (Lipinski definition) is 4. The van der Waals surface area contributed by atoms with Crippen LogP contribution in [0.5, 0.6) is 0 Å².